The van der Waals surface area contributed by atoms with Crippen LogP contribution in [0.15, 0.2) is 173 Å². The molecule has 0 radical (unpaired) electrons. The molecule has 0 saturated carbocycles. The molecule has 9 rings (SSSR count). The zero-order chi connectivity index (χ0) is 41.0. The molecule has 0 aliphatic carbocycles. The van der Waals surface area contributed by atoms with Crippen molar-refractivity contribution in [2.45, 2.75) is 26.2 Å². The number of hydrogen-bond donors (Lipinski definition) is 2. The molecule has 7 aromatic rings. The van der Waals surface area contributed by atoms with Crippen molar-refractivity contribution in [2.75, 3.05) is 0 Å². The first-order valence-corrected chi connectivity index (χ1v) is 20.1. The van der Waals surface area contributed by atoms with Crippen molar-refractivity contribution < 1.29 is 86.2 Å². The molecule has 64 heavy (non-hydrogen) atoms. The largest absolute Gasteiger partial charge is 1.00 e. The van der Waals surface area contributed by atoms with Gasteiger partial charge in [-0.15, -0.1) is 0 Å². The third-order valence-electron chi connectivity index (χ3n) is 10.8. The van der Waals surface area contributed by atoms with Gasteiger partial charge in [-0.1, -0.05) is 26.3 Å². The third-order valence-corrected chi connectivity index (χ3v) is 10.8. The number of allylic oxidation sites excluding steroid dienone is 4. The van der Waals surface area contributed by atoms with Crippen LogP contribution in [-0.4, -0.2) is 19.9 Å². The van der Waals surface area contributed by atoms with E-state index in [-0.39, 0.29) is 67.9 Å². The zero-order valence-electron chi connectivity index (χ0n) is 35.0. The molecule has 7 aromatic heterocycles. The first kappa shape index (κ1) is 49.1. The Hall–Kier alpha value is -5.92. The number of rotatable bonds is 12. The molecular formula is C52H46Br4N8. The van der Waals surface area contributed by atoms with E-state index in [2.05, 4.69) is 201 Å². The van der Waals surface area contributed by atoms with Gasteiger partial charge in [0.25, 0.3) is 0 Å². The van der Waals surface area contributed by atoms with E-state index in [9.17, 15) is 0 Å². The van der Waals surface area contributed by atoms with Gasteiger partial charge >= 0.3 is 0 Å². The van der Waals surface area contributed by atoms with E-state index in [1.807, 2.05) is 24.3 Å². The van der Waals surface area contributed by atoms with Gasteiger partial charge in [-0.25, -0.2) is 28.2 Å². The van der Waals surface area contributed by atoms with Gasteiger partial charge in [-0.05, 0) is 95.1 Å². The summed E-state index contributed by atoms with van der Waals surface area (Å²) in [6, 6.07) is 25.8. The Labute approximate surface area is 415 Å². The summed E-state index contributed by atoms with van der Waals surface area (Å²) in [6.07, 6.45) is 32.8. The van der Waals surface area contributed by atoms with E-state index in [4.69, 9.17) is 9.97 Å². The maximum atomic E-state index is 5.45. The fraction of sp³-hybridized carbons (Fsp3) is 0.0769. The van der Waals surface area contributed by atoms with Crippen molar-refractivity contribution in [1.29, 1.82) is 0 Å². The SMILES string of the molecule is C=CC[n+]1ccc(-c2c3nc(c(-c4cc[n+](CC=C)cc4)c4ccc([nH]4)c(-c4cc[n+](CC=C)cc4)c4nc(c(-c5cc[n+](CC=C)cc5)c5ccc2[nH]5)C=C4)C=C3)cc1.[Br-].[Br-].[Br-].[Br-]. The Bertz CT molecular complexity index is 2630. The van der Waals surface area contributed by atoms with Gasteiger partial charge < -0.3 is 77.9 Å². The molecule has 8 nitrogen and oxygen atoms in total. The monoisotopic (exact) mass is 1100 g/mol. The fourth-order valence-electron chi connectivity index (χ4n) is 8.00. The van der Waals surface area contributed by atoms with Crippen molar-refractivity contribution >= 4 is 46.4 Å². The number of aromatic amines is 2. The van der Waals surface area contributed by atoms with E-state index in [0.29, 0.717) is 0 Å². The first-order chi connectivity index (χ1) is 29.5. The van der Waals surface area contributed by atoms with Crippen LogP contribution in [0, 0.1) is 0 Å². The van der Waals surface area contributed by atoms with Crippen LogP contribution in [-0.2, 0) is 26.2 Å². The molecule has 2 aliphatic heterocycles. The lowest BCUT2D eigenvalue weighted by atomic mass is 10.0. The van der Waals surface area contributed by atoms with Crippen LogP contribution >= 0.6 is 0 Å². The van der Waals surface area contributed by atoms with E-state index >= 15 is 0 Å². The van der Waals surface area contributed by atoms with Crippen LogP contribution in [0.1, 0.15) is 22.8 Å². The summed E-state index contributed by atoms with van der Waals surface area (Å²) in [5.74, 6) is 0. The van der Waals surface area contributed by atoms with Gasteiger partial charge in [0, 0.05) is 92.9 Å². The lowest BCUT2D eigenvalue weighted by molar-refractivity contribution is -0.687. The number of halogens is 4. The number of hydrogen-bond acceptors (Lipinski definition) is 2. The molecule has 0 saturated heterocycles. The normalized spacial score (nSPS) is 11.0. The molecule has 0 spiro atoms. The van der Waals surface area contributed by atoms with Crippen LogP contribution < -0.4 is 86.2 Å². The number of pyridine rings is 4. The number of nitrogens with one attached hydrogen (secondary N) is 2. The molecule has 322 valence electrons. The highest BCUT2D eigenvalue weighted by atomic mass is 79.9. The topological polar surface area (TPSA) is 72.9 Å². The summed E-state index contributed by atoms with van der Waals surface area (Å²) in [5, 5.41) is 0. The molecule has 2 N–H and O–H groups in total. The Kier molecular flexibility index (Phi) is 17.0. The van der Waals surface area contributed by atoms with Gasteiger partial charge in [0.2, 0.25) is 0 Å². The van der Waals surface area contributed by atoms with E-state index in [1.165, 1.54) is 0 Å². The predicted octanol–water partition coefficient (Wildman–Crippen LogP) is -2.77. The van der Waals surface area contributed by atoms with Crippen LogP contribution in [0.3, 0.4) is 0 Å². The number of nitrogens with zero attached hydrogens (tertiary/aromatic N) is 6. The fourth-order valence-corrected chi connectivity index (χ4v) is 8.00. The molecule has 12 heteroatoms. The second-order valence-corrected chi connectivity index (χ2v) is 14.8. The van der Waals surface area contributed by atoms with Gasteiger partial charge in [-0.3, -0.25) is 0 Å². The van der Waals surface area contributed by atoms with Gasteiger partial charge in [0.1, 0.15) is 0 Å². The molecule has 0 fully saturated rings. The van der Waals surface area contributed by atoms with Crippen molar-refractivity contribution in [3.8, 4) is 44.5 Å². The minimum Gasteiger partial charge on any atom is -1.00 e. The van der Waals surface area contributed by atoms with Crippen molar-refractivity contribution in [3.63, 3.8) is 0 Å². The quantitative estimate of drug-likeness (QED) is 0.103. The highest BCUT2D eigenvalue weighted by Gasteiger charge is 2.20. The van der Waals surface area contributed by atoms with Crippen LogP contribution in [0.2, 0.25) is 0 Å². The summed E-state index contributed by atoms with van der Waals surface area (Å²) in [7, 11) is 0. The minimum absolute atomic E-state index is 0. The Morgan fingerprint density at radius 3 is 0.734 bits per heavy atom. The maximum absolute atomic E-state index is 5.45. The van der Waals surface area contributed by atoms with E-state index in [1.54, 1.807) is 0 Å². The molecule has 8 bridgehead atoms. The predicted molar refractivity (Wildman–Crippen MR) is 242 cm³/mol. The summed E-state index contributed by atoms with van der Waals surface area (Å²) < 4.78 is 8.44. The standard InChI is InChI=1S/C52H45N8.4BrH/c1-5-25-57-29-17-37(18-30-57)49-41-9-11-43(53-41)50(38-19-31-58(26-6-2)32-20-38)45-13-15-47(55-45)52(40-23-35-60(28-8-4)36-24-40)48-16-14-46(56-48)51(44-12-10-42(49)54-44)39-21-33-59(27-7-3)34-22-39;;;;/h5-24,29-36H,1-4,25-28H2,(H,53,54,55,56);4*1H/q+3;;;;/p-3. The summed E-state index contributed by atoms with van der Waals surface area (Å²) in [6.45, 7) is 18.6. The maximum Gasteiger partial charge on any atom is 0.169 e. The van der Waals surface area contributed by atoms with Gasteiger partial charge in [-0.2, -0.15) is 0 Å². The lowest BCUT2D eigenvalue weighted by Gasteiger charge is -2.06. The Morgan fingerprint density at radius 2 is 0.547 bits per heavy atom. The molecule has 0 unspecified atom stereocenters. The summed E-state index contributed by atoms with van der Waals surface area (Å²) in [5.41, 5.74) is 15.4. The van der Waals surface area contributed by atoms with E-state index in [0.717, 1.165) is 116 Å². The Balaban J connectivity index is 0.00000193. The smallest absolute Gasteiger partial charge is 0.169 e. The number of fused-ring (bicyclic) bond motifs is 8. The second kappa shape index (κ2) is 22.1. The van der Waals surface area contributed by atoms with Crippen LogP contribution in [0.4, 0.5) is 0 Å². The van der Waals surface area contributed by atoms with Crippen molar-refractivity contribution in [3.05, 3.63) is 196 Å². The average Bonchev–Trinajstić information content (AvgIpc) is 4.12. The lowest BCUT2D eigenvalue weighted by Crippen LogP contribution is -3.00. The van der Waals surface area contributed by atoms with Gasteiger partial charge in [0.05, 0.1) is 22.8 Å². The number of H-pyrrole nitrogens is 2. The molecule has 9 heterocycles. The van der Waals surface area contributed by atoms with Crippen LogP contribution in [0.5, 0.6) is 0 Å². The zero-order valence-corrected chi connectivity index (χ0v) is 41.4. The highest BCUT2D eigenvalue weighted by Crippen LogP contribution is 2.38. The summed E-state index contributed by atoms with van der Waals surface area (Å²) >= 11 is 0. The molecule has 0 atom stereocenters. The third kappa shape index (κ3) is 10.1. The van der Waals surface area contributed by atoms with Crippen LogP contribution in [0.25, 0.3) is 90.9 Å². The molecular weight excluding hydrogens is 1060 g/mol. The highest BCUT2D eigenvalue weighted by molar-refractivity contribution is 5.99. The average molecular weight is 1100 g/mol. The second-order valence-electron chi connectivity index (χ2n) is 14.8. The Morgan fingerprint density at radius 1 is 0.344 bits per heavy atom. The molecule has 0 aromatic carbocycles. The molecule has 0 amide bonds. The summed E-state index contributed by atoms with van der Waals surface area (Å²) in [4.78, 5) is 18.6. The van der Waals surface area contributed by atoms with Crippen molar-refractivity contribution in [1.82, 2.24) is 19.9 Å². The van der Waals surface area contributed by atoms with E-state index < -0.39 is 0 Å². The first-order valence-electron chi connectivity index (χ1n) is 20.1. The number of aromatic nitrogens is 8. The van der Waals surface area contributed by atoms with Crippen molar-refractivity contribution in [2.24, 2.45) is 0 Å². The molecule has 2 aliphatic rings. The minimum atomic E-state index is 0. The van der Waals surface area contributed by atoms with Gasteiger partial charge in [0.15, 0.2) is 75.8 Å².